The molecule has 3 aromatic heterocycles. The topological polar surface area (TPSA) is 97.0 Å². The lowest BCUT2D eigenvalue weighted by Crippen LogP contribution is -2.29. The first-order valence-electron chi connectivity index (χ1n) is 12.3. The highest BCUT2D eigenvalue weighted by atomic mass is 32.1. The Morgan fingerprint density at radius 2 is 1.79 bits per heavy atom. The van der Waals surface area contributed by atoms with E-state index in [9.17, 15) is 9.90 Å². The lowest BCUT2D eigenvalue weighted by Gasteiger charge is -2.27. The molecule has 0 amide bonds. The zero-order valence-corrected chi connectivity index (χ0v) is 20.5. The minimum absolute atomic E-state index is 0.133. The van der Waals surface area contributed by atoms with Crippen molar-refractivity contribution in [2.75, 3.05) is 25.5 Å². The van der Waals surface area contributed by atoms with Crippen molar-refractivity contribution < 1.29 is 5.11 Å². The summed E-state index contributed by atoms with van der Waals surface area (Å²) in [5, 5.41) is 13.6. The fraction of sp³-hybridized carbons (Fsp3) is 0.462. The number of nitrogens with zero attached hydrogens (tertiary/aromatic N) is 2. The van der Waals surface area contributed by atoms with Crippen molar-refractivity contribution in [3.05, 3.63) is 44.6 Å². The molecule has 0 bridgehead atoms. The van der Waals surface area contributed by atoms with E-state index in [1.54, 1.807) is 11.3 Å². The minimum atomic E-state index is -0.217. The fourth-order valence-electron chi connectivity index (χ4n) is 5.46. The molecular formula is C26H31N5O2S. The summed E-state index contributed by atoms with van der Waals surface area (Å²) in [6, 6.07) is 6.68. The van der Waals surface area contributed by atoms with E-state index in [4.69, 9.17) is 4.98 Å². The van der Waals surface area contributed by atoms with Crippen LogP contribution in [0, 0.1) is 6.92 Å². The summed E-state index contributed by atoms with van der Waals surface area (Å²) in [5.74, 6) is 0.611. The highest BCUT2D eigenvalue weighted by Gasteiger charge is 2.25. The Kier molecular flexibility index (Phi) is 5.47. The van der Waals surface area contributed by atoms with Gasteiger partial charge in [0.1, 0.15) is 11.4 Å². The van der Waals surface area contributed by atoms with E-state index in [2.05, 4.69) is 46.3 Å². The number of aliphatic hydroxyl groups is 1. The molecule has 2 aliphatic rings. The van der Waals surface area contributed by atoms with E-state index < -0.39 is 0 Å². The summed E-state index contributed by atoms with van der Waals surface area (Å²) in [4.78, 5) is 28.4. The predicted octanol–water partition coefficient (Wildman–Crippen LogP) is 4.19. The van der Waals surface area contributed by atoms with Crippen LogP contribution in [-0.4, -0.2) is 57.2 Å². The number of aryl methyl sites for hydroxylation is 1. The number of anilines is 1. The molecule has 0 radical (unpaired) electrons. The average molecular weight is 478 g/mol. The Morgan fingerprint density at radius 3 is 2.56 bits per heavy atom. The summed E-state index contributed by atoms with van der Waals surface area (Å²) >= 11 is 1.69. The fourth-order valence-corrected chi connectivity index (χ4v) is 6.44. The van der Waals surface area contributed by atoms with E-state index in [0.29, 0.717) is 11.4 Å². The average Bonchev–Trinajstić information content (AvgIpc) is 3.33. The second-order valence-electron chi connectivity index (χ2n) is 9.98. The molecule has 1 saturated carbocycles. The molecule has 4 heterocycles. The van der Waals surface area contributed by atoms with Gasteiger partial charge in [0.2, 0.25) is 0 Å². The molecule has 4 N–H and O–H groups in total. The maximum absolute atomic E-state index is 13.4. The number of rotatable bonds is 3. The smallest absolute Gasteiger partial charge is 0.261 e. The van der Waals surface area contributed by atoms with Gasteiger partial charge in [0, 0.05) is 24.0 Å². The quantitative estimate of drug-likeness (QED) is 0.355. The number of imidazole rings is 1. The molecular weight excluding hydrogens is 446 g/mol. The van der Waals surface area contributed by atoms with Gasteiger partial charge in [-0.15, -0.1) is 11.3 Å². The first kappa shape index (κ1) is 21.8. The molecule has 0 saturated heterocycles. The van der Waals surface area contributed by atoms with Gasteiger partial charge in [-0.3, -0.25) is 4.79 Å². The van der Waals surface area contributed by atoms with E-state index in [-0.39, 0.29) is 17.7 Å². The third kappa shape index (κ3) is 3.93. The van der Waals surface area contributed by atoms with Crippen molar-refractivity contribution in [2.24, 2.45) is 0 Å². The number of H-pyrrole nitrogens is 2. The Hall–Kier alpha value is -2.68. The molecule has 1 fully saturated rings. The molecule has 1 aliphatic carbocycles. The molecule has 7 nitrogen and oxygen atoms in total. The maximum Gasteiger partial charge on any atom is 0.261 e. The minimum Gasteiger partial charge on any atom is -0.393 e. The standard InChI is InChI=1S/C26H31N5O2S/c1-14-11-21-24(34-14)23(27-17-3-5-18(32)6-4-17)22(26(33)30-21)25-28-19-12-15-7-9-31(2)10-8-16(15)13-20(19)29-25/h11-13,17-18,32H,3-10H2,1-2H3,(H,28,29)(H2,27,30,33). The van der Waals surface area contributed by atoms with Crippen LogP contribution in [0.1, 0.15) is 41.7 Å². The Labute approximate surface area is 202 Å². The lowest BCUT2D eigenvalue weighted by atomic mass is 9.93. The van der Waals surface area contributed by atoms with E-state index in [1.165, 1.54) is 11.1 Å². The Balaban J connectivity index is 1.47. The van der Waals surface area contributed by atoms with Crippen LogP contribution in [0.2, 0.25) is 0 Å². The number of pyridine rings is 1. The third-order valence-corrected chi connectivity index (χ3v) is 8.49. The van der Waals surface area contributed by atoms with Crippen molar-refractivity contribution >= 4 is 38.3 Å². The highest BCUT2D eigenvalue weighted by molar-refractivity contribution is 7.19. The van der Waals surface area contributed by atoms with Crippen molar-refractivity contribution in [1.29, 1.82) is 0 Å². The molecule has 8 heteroatoms. The van der Waals surface area contributed by atoms with Crippen LogP contribution in [0.5, 0.6) is 0 Å². The van der Waals surface area contributed by atoms with E-state index in [1.807, 2.05) is 6.07 Å². The maximum atomic E-state index is 13.4. The summed E-state index contributed by atoms with van der Waals surface area (Å²) in [6.45, 7) is 4.17. The van der Waals surface area contributed by atoms with Gasteiger partial charge in [-0.25, -0.2) is 4.98 Å². The molecule has 1 aromatic carbocycles. The molecule has 0 atom stereocenters. The first-order chi connectivity index (χ1) is 16.4. The lowest BCUT2D eigenvalue weighted by molar-refractivity contribution is 0.126. The van der Waals surface area contributed by atoms with Gasteiger partial charge < -0.3 is 25.3 Å². The number of likely N-dealkylation sites (N-methyl/N-ethyl adjacent to an activating group) is 1. The number of aromatic nitrogens is 3. The van der Waals surface area contributed by atoms with Crippen LogP contribution in [0.15, 0.2) is 23.0 Å². The van der Waals surface area contributed by atoms with Crippen LogP contribution < -0.4 is 10.9 Å². The summed E-state index contributed by atoms with van der Waals surface area (Å²) in [5.41, 5.74) is 6.77. The van der Waals surface area contributed by atoms with Crippen molar-refractivity contribution in [1.82, 2.24) is 19.9 Å². The van der Waals surface area contributed by atoms with Crippen LogP contribution in [-0.2, 0) is 12.8 Å². The molecule has 34 heavy (non-hydrogen) atoms. The van der Waals surface area contributed by atoms with Crippen LogP contribution in [0.3, 0.4) is 0 Å². The third-order valence-electron chi connectivity index (χ3n) is 7.42. The number of aliphatic hydroxyl groups excluding tert-OH is 1. The van der Waals surface area contributed by atoms with Crippen LogP contribution in [0.25, 0.3) is 32.6 Å². The number of nitrogens with one attached hydrogen (secondary N) is 3. The van der Waals surface area contributed by atoms with Gasteiger partial charge in [-0.2, -0.15) is 0 Å². The van der Waals surface area contributed by atoms with Gasteiger partial charge in [-0.1, -0.05) is 0 Å². The zero-order chi connectivity index (χ0) is 23.4. The van der Waals surface area contributed by atoms with Gasteiger partial charge >= 0.3 is 0 Å². The molecule has 0 unspecified atom stereocenters. The van der Waals surface area contributed by atoms with Gasteiger partial charge in [0.15, 0.2) is 0 Å². The SMILES string of the molecule is Cc1cc2[nH]c(=O)c(-c3nc4cc5c(cc4[nH]3)CCN(C)CC5)c(NC3CCC(O)CC3)c2s1. The number of benzene rings is 1. The van der Waals surface area contributed by atoms with Crippen LogP contribution >= 0.6 is 11.3 Å². The highest BCUT2D eigenvalue weighted by Crippen LogP contribution is 2.37. The largest absolute Gasteiger partial charge is 0.393 e. The number of hydrogen-bond donors (Lipinski definition) is 4. The number of fused-ring (bicyclic) bond motifs is 3. The first-order valence-corrected chi connectivity index (χ1v) is 13.1. The molecule has 178 valence electrons. The monoisotopic (exact) mass is 477 g/mol. The zero-order valence-electron chi connectivity index (χ0n) is 19.7. The normalized spacial score (nSPS) is 21.6. The van der Waals surface area contributed by atoms with Crippen molar-refractivity contribution in [3.8, 4) is 11.4 Å². The van der Waals surface area contributed by atoms with Gasteiger partial charge in [0.25, 0.3) is 5.56 Å². The number of aromatic amines is 2. The Morgan fingerprint density at radius 1 is 1.06 bits per heavy atom. The second-order valence-corrected chi connectivity index (χ2v) is 11.2. The summed E-state index contributed by atoms with van der Waals surface area (Å²) in [6.07, 6.45) is 5.18. The Bertz CT molecular complexity index is 1380. The number of thiophene rings is 1. The van der Waals surface area contributed by atoms with Crippen molar-refractivity contribution in [3.63, 3.8) is 0 Å². The van der Waals surface area contributed by atoms with E-state index in [0.717, 1.165) is 83.4 Å². The molecule has 0 spiro atoms. The molecule has 4 aromatic rings. The summed E-state index contributed by atoms with van der Waals surface area (Å²) in [7, 11) is 2.17. The van der Waals surface area contributed by atoms with Gasteiger partial charge in [-0.05, 0) is 81.8 Å². The molecule has 6 rings (SSSR count). The summed E-state index contributed by atoms with van der Waals surface area (Å²) < 4.78 is 1.05. The predicted molar refractivity (Wildman–Crippen MR) is 139 cm³/mol. The van der Waals surface area contributed by atoms with E-state index >= 15 is 0 Å². The molecule has 1 aliphatic heterocycles. The van der Waals surface area contributed by atoms with Crippen molar-refractivity contribution in [2.45, 2.75) is 57.6 Å². The second kappa shape index (κ2) is 8.52. The number of hydrogen-bond acceptors (Lipinski definition) is 6. The van der Waals surface area contributed by atoms with Crippen LogP contribution in [0.4, 0.5) is 5.69 Å². The van der Waals surface area contributed by atoms with Gasteiger partial charge in [0.05, 0.1) is 33.0 Å².